The summed E-state index contributed by atoms with van der Waals surface area (Å²) in [4.78, 5) is 0. The van der Waals surface area contributed by atoms with Gasteiger partial charge in [-0.2, -0.15) is 0 Å². The van der Waals surface area contributed by atoms with Gasteiger partial charge >= 0.3 is 0 Å². The van der Waals surface area contributed by atoms with Crippen molar-refractivity contribution >= 4 is 11.4 Å². The maximum absolute atomic E-state index is 6.19. The molecule has 0 spiro atoms. The van der Waals surface area contributed by atoms with Gasteiger partial charge in [-0.05, 0) is 47.0 Å². The van der Waals surface area contributed by atoms with Gasteiger partial charge in [-0.1, -0.05) is 97.1 Å². The Morgan fingerprint density at radius 1 is 0.438 bits per heavy atom. The summed E-state index contributed by atoms with van der Waals surface area (Å²) in [6.07, 6.45) is 0. The first-order valence-electron chi connectivity index (χ1n) is 10.7. The average Bonchev–Trinajstić information content (AvgIpc) is 2.86. The van der Waals surface area contributed by atoms with Crippen LogP contribution in [-0.2, 0) is 0 Å². The lowest BCUT2D eigenvalue weighted by molar-refractivity contribution is 0.483. The van der Waals surface area contributed by atoms with Gasteiger partial charge in [0.05, 0.1) is 0 Å². The van der Waals surface area contributed by atoms with Gasteiger partial charge in [-0.3, -0.25) is 0 Å². The topological polar surface area (TPSA) is 21.3 Å². The Bertz CT molecular complexity index is 1300. The number of hydrogen-bond donors (Lipinski definition) is 1. The zero-order chi connectivity index (χ0) is 21.6. The molecule has 5 rings (SSSR count). The second-order valence-electron chi connectivity index (χ2n) is 7.56. The molecule has 2 heteroatoms. The molecule has 32 heavy (non-hydrogen) atoms. The fraction of sp³-hybridized carbons (Fsp3) is 0. The van der Waals surface area contributed by atoms with Crippen LogP contribution in [0.4, 0.5) is 11.4 Å². The summed E-state index contributed by atoms with van der Waals surface area (Å²) in [6.45, 7) is 0. The van der Waals surface area contributed by atoms with Gasteiger partial charge in [0, 0.05) is 23.0 Å². The number of anilines is 2. The standard InChI is InChI=1S/C30H23NO/c1-4-12-23(13-5-1)25-20-26(22-28(21-25)32-27-16-8-3-9-17-27)31-30-19-11-10-18-29(30)24-14-6-2-7-15-24/h1-22,31H. The maximum atomic E-state index is 6.19. The minimum atomic E-state index is 0.789. The van der Waals surface area contributed by atoms with E-state index in [-0.39, 0.29) is 0 Å². The van der Waals surface area contributed by atoms with Gasteiger partial charge in [-0.15, -0.1) is 0 Å². The summed E-state index contributed by atoms with van der Waals surface area (Å²) in [5, 5.41) is 3.63. The lowest BCUT2D eigenvalue weighted by Crippen LogP contribution is -1.95. The lowest BCUT2D eigenvalue weighted by Gasteiger charge is -2.15. The van der Waals surface area contributed by atoms with Crippen molar-refractivity contribution < 1.29 is 4.74 Å². The molecule has 0 aliphatic heterocycles. The van der Waals surface area contributed by atoms with Crippen molar-refractivity contribution in [1.29, 1.82) is 0 Å². The van der Waals surface area contributed by atoms with Crippen LogP contribution in [0.5, 0.6) is 11.5 Å². The van der Waals surface area contributed by atoms with E-state index in [0.29, 0.717) is 0 Å². The smallest absolute Gasteiger partial charge is 0.130 e. The van der Waals surface area contributed by atoms with Gasteiger partial charge in [0.1, 0.15) is 11.5 Å². The average molecular weight is 414 g/mol. The predicted octanol–water partition coefficient (Wildman–Crippen LogP) is 8.56. The molecule has 0 aliphatic rings. The first-order valence-corrected chi connectivity index (χ1v) is 10.7. The van der Waals surface area contributed by atoms with E-state index in [1.807, 2.05) is 48.5 Å². The van der Waals surface area contributed by atoms with E-state index in [0.717, 1.165) is 39.6 Å². The van der Waals surface area contributed by atoms with Crippen molar-refractivity contribution in [1.82, 2.24) is 0 Å². The lowest BCUT2D eigenvalue weighted by atomic mass is 10.0. The molecule has 2 nitrogen and oxygen atoms in total. The third-order valence-corrected chi connectivity index (χ3v) is 5.28. The van der Waals surface area contributed by atoms with Crippen molar-refractivity contribution in [2.24, 2.45) is 0 Å². The minimum absolute atomic E-state index is 0.789. The van der Waals surface area contributed by atoms with Gasteiger partial charge < -0.3 is 10.1 Å². The minimum Gasteiger partial charge on any atom is -0.457 e. The highest BCUT2D eigenvalue weighted by molar-refractivity contribution is 5.82. The predicted molar refractivity (Wildman–Crippen MR) is 134 cm³/mol. The maximum Gasteiger partial charge on any atom is 0.130 e. The Balaban J connectivity index is 1.55. The second kappa shape index (κ2) is 9.23. The fourth-order valence-corrected chi connectivity index (χ4v) is 3.77. The SMILES string of the molecule is c1ccc(Oc2cc(Nc3ccccc3-c3ccccc3)cc(-c3ccccc3)c2)cc1. The highest BCUT2D eigenvalue weighted by Gasteiger charge is 2.09. The van der Waals surface area contributed by atoms with Gasteiger partial charge in [0.15, 0.2) is 0 Å². The number of hydrogen-bond acceptors (Lipinski definition) is 2. The van der Waals surface area contributed by atoms with Crippen molar-refractivity contribution in [3.05, 3.63) is 133 Å². The first-order chi connectivity index (χ1) is 15.8. The van der Waals surface area contributed by atoms with Gasteiger partial charge in [-0.25, -0.2) is 0 Å². The van der Waals surface area contributed by atoms with Crippen LogP contribution < -0.4 is 10.1 Å². The van der Waals surface area contributed by atoms with E-state index >= 15 is 0 Å². The molecule has 154 valence electrons. The Kier molecular flexibility index (Phi) is 5.67. The largest absolute Gasteiger partial charge is 0.457 e. The van der Waals surface area contributed by atoms with Crippen LogP contribution >= 0.6 is 0 Å². The molecule has 1 N–H and O–H groups in total. The Hall–Kier alpha value is -4.30. The summed E-state index contributed by atoms with van der Waals surface area (Å²) < 4.78 is 6.19. The van der Waals surface area contributed by atoms with E-state index in [1.54, 1.807) is 0 Å². The number of benzene rings is 5. The molecular weight excluding hydrogens is 390 g/mol. The van der Waals surface area contributed by atoms with E-state index < -0.39 is 0 Å². The number of nitrogens with one attached hydrogen (secondary N) is 1. The van der Waals surface area contributed by atoms with Crippen LogP contribution in [0.15, 0.2) is 133 Å². The monoisotopic (exact) mass is 413 g/mol. The molecule has 0 unspecified atom stereocenters. The number of rotatable bonds is 6. The molecule has 0 amide bonds. The molecule has 0 atom stereocenters. The van der Waals surface area contributed by atoms with Crippen LogP contribution in [0.2, 0.25) is 0 Å². The first kappa shape index (κ1) is 19.7. The third-order valence-electron chi connectivity index (χ3n) is 5.28. The Morgan fingerprint density at radius 2 is 1.03 bits per heavy atom. The van der Waals surface area contributed by atoms with Crippen LogP contribution in [0, 0.1) is 0 Å². The fourth-order valence-electron chi connectivity index (χ4n) is 3.77. The Labute approximate surface area is 188 Å². The Morgan fingerprint density at radius 3 is 1.75 bits per heavy atom. The quantitative estimate of drug-likeness (QED) is 0.301. The normalized spacial score (nSPS) is 10.5. The molecule has 5 aromatic carbocycles. The molecule has 0 aromatic heterocycles. The molecule has 0 saturated heterocycles. The summed E-state index contributed by atoms with van der Waals surface area (Å²) in [5.74, 6) is 1.60. The van der Waals surface area contributed by atoms with Crippen LogP contribution in [0.25, 0.3) is 22.3 Å². The summed E-state index contributed by atoms with van der Waals surface area (Å²) in [7, 11) is 0. The van der Waals surface area contributed by atoms with E-state index in [9.17, 15) is 0 Å². The summed E-state index contributed by atoms with van der Waals surface area (Å²) in [5.41, 5.74) is 6.60. The highest BCUT2D eigenvalue weighted by atomic mass is 16.5. The second-order valence-corrected chi connectivity index (χ2v) is 7.56. The molecule has 0 fully saturated rings. The zero-order valence-electron chi connectivity index (χ0n) is 17.6. The van der Waals surface area contributed by atoms with Gasteiger partial charge in [0.2, 0.25) is 0 Å². The molecule has 0 aliphatic carbocycles. The van der Waals surface area contributed by atoms with Crippen molar-refractivity contribution in [2.75, 3.05) is 5.32 Å². The van der Waals surface area contributed by atoms with Crippen molar-refractivity contribution in [3.8, 4) is 33.8 Å². The molecule has 0 bridgehead atoms. The highest BCUT2D eigenvalue weighted by Crippen LogP contribution is 2.35. The molecule has 5 aromatic rings. The van der Waals surface area contributed by atoms with Crippen molar-refractivity contribution in [3.63, 3.8) is 0 Å². The van der Waals surface area contributed by atoms with E-state index in [2.05, 4.69) is 90.2 Å². The van der Waals surface area contributed by atoms with E-state index in [4.69, 9.17) is 4.74 Å². The van der Waals surface area contributed by atoms with Gasteiger partial charge in [0.25, 0.3) is 0 Å². The zero-order valence-corrected chi connectivity index (χ0v) is 17.6. The molecule has 0 heterocycles. The number of para-hydroxylation sites is 2. The summed E-state index contributed by atoms with van der Waals surface area (Å²) in [6, 6.07) is 45.3. The number of ether oxygens (including phenoxy) is 1. The third kappa shape index (κ3) is 4.55. The van der Waals surface area contributed by atoms with Crippen LogP contribution in [0.3, 0.4) is 0 Å². The van der Waals surface area contributed by atoms with Crippen LogP contribution in [0.1, 0.15) is 0 Å². The van der Waals surface area contributed by atoms with Crippen molar-refractivity contribution in [2.45, 2.75) is 0 Å². The summed E-state index contributed by atoms with van der Waals surface area (Å²) >= 11 is 0. The molecular formula is C30H23NO. The van der Waals surface area contributed by atoms with Crippen LogP contribution in [-0.4, -0.2) is 0 Å². The molecule has 0 saturated carbocycles. The van der Waals surface area contributed by atoms with E-state index in [1.165, 1.54) is 5.56 Å². The molecule has 0 radical (unpaired) electrons.